The van der Waals surface area contributed by atoms with Gasteiger partial charge in [0.05, 0.1) is 18.8 Å². The maximum absolute atomic E-state index is 11.8. The highest BCUT2D eigenvalue weighted by Crippen LogP contribution is 2.35. The minimum absolute atomic E-state index is 0.169. The third-order valence-corrected chi connectivity index (χ3v) is 3.85. The Labute approximate surface area is 125 Å². The SMILES string of the molecule is CCOC(=O)c1sc(NCCn2cccn2)c(C#N)c1N. The molecule has 8 heteroatoms. The molecule has 0 radical (unpaired) electrons. The van der Waals surface area contributed by atoms with E-state index in [1.165, 1.54) is 0 Å². The van der Waals surface area contributed by atoms with Gasteiger partial charge >= 0.3 is 5.97 Å². The van der Waals surface area contributed by atoms with Crippen LogP contribution in [0.3, 0.4) is 0 Å². The van der Waals surface area contributed by atoms with E-state index in [1.807, 2.05) is 18.3 Å². The molecule has 0 saturated carbocycles. The molecule has 0 saturated heterocycles. The van der Waals surface area contributed by atoms with Gasteiger partial charge in [-0.25, -0.2) is 4.79 Å². The number of hydrogen-bond donors (Lipinski definition) is 2. The van der Waals surface area contributed by atoms with Crippen LogP contribution in [-0.4, -0.2) is 28.9 Å². The lowest BCUT2D eigenvalue weighted by Gasteiger charge is -2.04. The number of nitrogen functional groups attached to an aromatic ring is 1. The second-order valence-electron chi connectivity index (χ2n) is 4.08. The molecular weight excluding hydrogens is 290 g/mol. The van der Waals surface area contributed by atoms with E-state index in [0.29, 0.717) is 18.1 Å². The summed E-state index contributed by atoms with van der Waals surface area (Å²) < 4.78 is 6.69. The van der Waals surface area contributed by atoms with Crippen LogP contribution in [0, 0.1) is 11.3 Å². The largest absolute Gasteiger partial charge is 0.462 e. The van der Waals surface area contributed by atoms with Gasteiger partial charge in [0.15, 0.2) is 0 Å². The second-order valence-corrected chi connectivity index (χ2v) is 5.10. The summed E-state index contributed by atoms with van der Waals surface area (Å²) in [4.78, 5) is 12.0. The summed E-state index contributed by atoms with van der Waals surface area (Å²) in [5, 5.41) is 16.9. The number of nitrogens with zero attached hydrogens (tertiary/aromatic N) is 3. The number of nitrogens with two attached hydrogens (primary N) is 1. The number of nitrogens with one attached hydrogen (secondary N) is 1. The van der Waals surface area contributed by atoms with E-state index in [0.717, 1.165) is 11.3 Å². The van der Waals surface area contributed by atoms with Crippen LogP contribution in [0.25, 0.3) is 0 Å². The fourth-order valence-electron chi connectivity index (χ4n) is 1.74. The number of rotatable bonds is 6. The number of anilines is 2. The van der Waals surface area contributed by atoms with Crippen molar-refractivity contribution >= 4 is 28.0 Å². The summed E-state index contributed by atoms with van der Waals surface area (Å²) in [6.07, 6.45) is 3.54. The van der Waals surface area contributed by atoms with E-state index < -0.39 is 5.97 Å². The summed E-state index contributed by atoms with van der Waals surface area (Å²) >= 11 is 1.13. The van der Waals surface area contributed by atoms with E-state index in [2.05, 4.69) is 10.4 Å². The van der Waals surface area contributed by atoms with Gasteiger partial charge in [-0.15, -0.1) is 11.3 Å². The van der Waals surface area contributed by atoms with E-state index in [9.17, 15) is 10.1 Å². The van der Waals surface area contributed by atoms with Gasteiger partial charge in [0.1, 0.15) is 21.5 Å². The number of carbonyl (C=O) groups excluding carboxylic acids is 1. The van der Waals surface area contributed by atoms with Crippen molar-refractivity contribution < 1.29 is 9.53 Å². The van der Waals surface area contributed by atoms with Gasteiger partial charge in [-0.05, 0) is 13.0 Å². The van der Waals surface area contributed by atoms with Gasteiger partial charge in [0, 0.05) is 18.9 Å². The first-order valence-electron chi connectivity index (χ1n) is 6.38. The topological polar surface area (TPSA) is 106 Å². The second kappa shape index (κ2) is 6.76. The standard InChI is InChI=1S/C13H15N5O2S/c1-2-20-13(19)11-10(15)9(8-14)12(21-11)16-5-7-18-6-3-4-17-18/h3-4,6,16H,2,5,7,15H2,1H3. The van der Waals surface area contributed by atoms with Crippen molar-refractivity contribution in [2.24, 2.45) is 0 Å². The fourth-order valence-corrected chi connectivity index (χ4v) is 2.73. The molecule has 0 bridgehead atoms. The van der Waals surface area contributed by atoms with Crippen molar-refractivity contribution in [1.82, 2.24) is 9.78 Å². The Morgan fingerprint density at radius 3 is 3.10 bits per heavy atom. The van der Waals surface area contributed by atoms with E-state index in [-0.39, 0.29) is 22.7 Å². The molecule has 0 atom stereocenters. The first-order chi connectivity index (χ1) is 10.2. The molecule has 3 N–H and O–H groups in total. The molecule has 0 unspecified atom stereocenters. The highest BCUT2D eigenvalue weighted by molar-refractivity contribution is 7.18. The molecule has 0 amide bonds. The van der Waals surface area contributed by atoms with Crippen LogP contribution in [0.1, 0.15) is 22.2 Å². The van der Waals surface area contributed by atoms with Gasteiger partial charge in [-0.1, -0.05) is 0 Å². The Morgan fingerprint density at radius 1 is 1.67 bits per heavy atom. The lowest BCUT2D eigenvalue weighted by atomic mass is 10.2. The number of esters is 1. The predicted octanol–water partition coefficient (Wildman–Crippen LogP) is 1.69. The molecule has 0 aliphatic carbocycles. The molecular formula is C13H15N5O2S. The number of aromatic nitrogens is 2. The third-order valence-electron chi connectivity index (χ3n) is 2.70. The maximum Gasteiger partial charge on any atom is 0.350 e. The van der Waals surface area contributed by atoms with Gasteiger partial charge in [-0.2, -0.15) is 10.4 Å². The van der Waals surface area contributed by atoms with Crippen molar-refractivity contribution in [1.29, 1.82) is 5.26 Å². The Bertz CT molecular complexity index is 657. The van der Waals surface area contributed by atoms with Crippen molar-refractivity contribution in [3.63, 3.8) is 0 Å². The van der Waals surface area contributed by atoms with Crippen molar-refractivity contribution in [3.05, 3.63) is 28.9 Å². The zero-order chi connectivity index (χ0) is 15.2. The molecule has 0 aliphatic heterocycles. The molecule has 0 aromatic carbocycles. The zero-order valence-electron chi connectivity index (χ0n) is 11.5. The van der Waals surface area contributed by atoms with Crippen molar-refractivity contribution in [2.75, 3.05) is 24.2 Å². The van der Waals surface area contributed by atoms with Crippen molar-refractivity contribution in [2.45, 2.75) is 13.5 Å². The summed E-state index contributed by atoms with van der Waals surface area (Å²) in [5.74, 6) is -0.503. The summed E-state index contributed by atoms with van der Waals surface area (Å²) in [6.45, 7) is 3.19. The van der Waals surface area contributed by atoms with Crippen LogP contribution in [0.5, 0.6) is 0 Å². The average Bonchev–Trinajstić information content (AvgIpc) is 3.07. The monoisotopic (exact) mass is 305 g/mol. The van der Waals surface area contributed by atoms with Crippen LogP contribution in [0.15, 0.2) is 18.5 Å². The molecule has 2 aromatic rings. The van der Waals surface area contributed by atoms with E-state index >= 15 is 0 Å². The molecule has 2 rings (SSSR count). The number of ether oxygens (including phenoxy) is 1. The highest BCUT2D eigenvalue weighted by atomic mass is 32.1. The summed E-state index contributed by atoms with van der Waals surface area (Å²) in [5.41, 5.74) is 6.29. The lowest BCUT2D eigenvalue weighted by molar-refractivity contribution is 0.0533. The highest BCUT2D eigenvalue weighted by Gasteiger charge is 2.21. The normalized spacial score (nSPS) is 10.1. The quantitative estimate of drug-likeness (QED) is 0.787. The number of hydrogen-bond acceptors (Lipinski definition) is 7. The third kappa shape index (κ3) is 3.32. The van der Waals surface area contributed by atoms with Gasteiger partial charge in [0.2, 0.25) is 0 Å². The van der Waals surface area contributed by atoms with Crippen LogP contribution in [0.4, 0.5) is 10.7 Å². The van der Waals surface area contributed by atoms with Crippen LogP contribution in [-0.2, 0) is 11.3 Å². The summed E-state index contributed by atoms with van der Waals surface area (Å²) in [6, 6.07) is 3.85. The van der Waals surface area contributed by atoms with Gasteiger partial charge < -0.3 is 15.8 Å². The van der Waals surface area contributed by atoms with Crippen LogP contribution >= 0.6 is 11.3 Å². The van der Waals surface area contributed by atoms with E-state index in [1.54, 1.807) is 17.8 Å². The molecule has 110 valence electrons. The fraction of sp³-hybridized carbons (Fsp3) is 0.308. The van der Waals surface area contributed by atoms with Gasteiger partial charge in [0.25, 0.3) is 0 Å². The minimum atomic E-state index is -0.503. The number of thiophene rings is 1. The molecule has 0 aliphatic rings. The Hall–Kier alpha value is -2.53. The molecule has 0 fully saturated rings. The number of carbonyl (C=O) groups is 1. The Kier molecular flexibility index (Phi) is 4.79. The molecule has 7 nitrogen and oxygen atoms in total. The lowest BCUT2D eigenvalue weighted by Crippen LogP contribution is -2.10. The van der Waals surface area contributed by atoms with Crippen LogP contribution < -0.4 is 11.1 Å². The zero-order valence-corrected chi connectivity index (χ0v) is 12.3. The number of nitriles is 1. The van der Waals surface area contributed by atoms with Crippen molar-refractivity contribution in [3.8, 4) is 6.07 Å². The van der Waals surface area contributed by atoms with Crippen LogP contribution in [0.2, 0.25) is 0 Å². The summed E-state index contributed by atoms with van der Waals surface area (Å²) in [7, 11) is 0. The first-order valence-corrected chi connectivity index (χ1v) is 7.19. The smallest absolute Gasteiger partial charge is 0.350 e. The first kappa shape index (κ1) is 14.9. The van der Waals surface area contributed by atoms with Gasteiger partial charge in [-0.3, -0.25) is 4.68 Å². The minimum Gasteiger partial charge on any atom is -0.462 e. The molecule has 21 heavy (non-hydrogen) atoms. The molecule has 0 spiro atoms. The maximum atomic E-state index is 11.8. The molecule has 2 heterocycles. The Balaban J connectivity index is 2.10. The average molecular weight is 305 g/mol. The molecule has 2 aromatic heterocycles. The van der Waals surface area contributed by atoms with E-state index in [4.69, 9.17) is 10.5 Å². The predicted molar refractivity (Wildman–Crippen MR) is 80.1 cm³/mol. The Morgan fingerprint density at radius 2 is 2.48 bits per heavy atom.